The summed E-state index contributed by atoms with van der Waals surface area (Å²) in [5.41, 5.74) is 2.72. The highest BCUT2D eigenvalue weighted by molar-refractivity contribution is 5.80. The Labute approximate surface area is 265 Å². The summed E-state index contributed by atoms with van der Waals surface area (Å²) in [4.78, 5) is 0. The van der Waals surface area contributed by atoms with Crippen molar-refractivity contribution in [3.8, 4) is 0 Å². The first-order valence-electron chi connectivity index (χ1n) is 14.8. The molecule has 0 bridgehead atoms. The van der Waals surface area contributed by atoms with Crippen molar-refractivity contribution in [2.45, 2.75) is 18.3 Å². The van der Waals surface area contributed by atoms with Gasteiger partial charge in [0.25, 0.3) is 0 Å². The van der Waals surface area contributed by atoms with Gasteiger partial charge in [-0.25, -0.2) is 4.39 Å². The van der Waals surface area contributed by atoms with Gasteiger partial charge in [0.15, 0.2) is 0 Å². The molecule has 6 rings (SSSR count). The molecule has 46 heavy (non-hydrogen) atoms. The Kier molecular flexibility index (Phi) is 8.94. The van der Waals surface area contributed by atoms with Crippen LogP contribution in [-0.2, 0) is 23.1 Å². The van der Waals surface area contributed by atoms with Crippen molar-refractivity contribution in [3.05, 3.63) is 203 Å². The third kappa shape index (κ3) is 6.28. The Morgan fingerprint density at radius 2 is 1.20 bits per heavy atom. The van der Waals surface area contributed by atoms with Crippen LogP contribution in [0.5, 0.6) is 0 Å². The molecule has 0 N–H and O–H groups in total. The molecule has 0 atom stereocenters. The molecule has 1 aromatic heterocycles. The zero-order chi connectivity index (χ0) is 32.0. The van der Waals surface area contributed by atoms with E-state index in [2.05, 4.69) is 0 Å². The van der Waals surface area contributed by atoms with Crippen molar-refractivity contribution < 1.29 is 22.3 Å². The molecule has 0 aliphatic heterocycles. The number of hydrogen-bond donors (Lipinski definition) is 0. The van der Waals surface area contributed by atoms with E-state index < -0.39 is 23.1 Å². The second kappa shape index (κ2) is 13.4. The number of ether oxygens (including phenoxy) is 1. The summed E-state index contributed by atoms with van der Waals surface area (Å²) in [6.45, 7) is 0.412. The Morgan fingerprint density at radius 1 is 0.674 bits per heavy atom. The van der Waals surface area contributed by atoms with Gasteiger partial charge in [-0.3, -0.25) is 4.68 Å². The number of halogens is 4. The van der Waals surface area contributed by atoms with Gasteiger partial charge in [-0.15, -0.1) is 0 Å². The number of hydrogen-bond acceptors (Lipinski definition) is 2. The molecule has 5 aromatic carbocycles. The van der Waals surface area contributed by atoms with Gasteiger partial charge in [-0.05, 0) is 40.0 Å². The van der Waals surface area contributed by atoms with Gasteiger partial charge in [0.1, 0.15) is 11.4 Å². The molecule has 0 fully saturated rings. The number of rotatable bonds is 10. The molecule has 0 saturated heterocycles. The Morgan fingerprint density at radius 3 is 1.70 bits per heavy atom. The third-order valence-corrected chi connectivity index (χ3v) is 7.92. The van der Waals surface area contributed by atoms with Gasteiger partial charge < -0.3 is 4.74 Å². The molecule has 0 saturated carbocycles. The van der Waals surface area contributed by atoms with E-state index in [4.69, 9.17) is 9.84 Å². The first-order chi connectivity index (χ1) is 22.4. The fraction of sp³-hybridized carbons (Fsp3) is 0.103. The normalized spacial score (nSPS) is 12.3. The van der Waals surface area contributed by atoms with Crippen LogP contribution in [-0.4, -0.2) is 16.4 Å². The molecule has 0 radical (unpaired) electrons. The van der Waals surface area contributed by atoms with Gasteiger partial charge in [-0.2, -0.15) is 18.3 Å². The van der Waals surface area contributed by atoms with E-state index in [0.717, 1.165) is 34.4 Å². The van der Waals surface area contributed by atoms with Crippen LogP contribution < -0.4 is 0 Å². The molecule has 0 unspecified atom stereocenters. The first kappa shape index (κ1) is 30.7. The van der Waals surface area contributed by atoms with Crippen LogP contribution in [0.2, 0.25) is 0 Å². The number of alkyl halides is 3. The second-order valence-electron chi connectivity index (χ2n) is 10.8. The highest BCUT2D eigenvalue weighted by atomic mass is 19.4. The summed E-state index contributed by atoms with van der Waals surface area (Å²) in [5, 5.41) is 4.86. The molecule has 0 amide bonds. The molecule has 3 nitrogen and oxygen atoms in total. The summed E-state index contributed by atoms with van der Waals surface area (Å²) in [6, 6.07) is 42.0. The summed E-state index contributed by atoms with van der Waals surface area (Å²) >= 11 is 0. The minimum absolute atomic E-state index is 0.0144. The zero-order valence-electron chi connectivity index (χ0n) is 24.7. The van der Waals surface area contributed by atoms with E-state index in [1.165, 1.54) is 0 Å². The van der Waals surface area contributed by atoms with E-state index >= 15 is 4.39 Å². The maximum Gasteiger partial charge on any atom is 0.416 e. The average Bonchev–Trinajstić information content (AvgIpc) is 3.57. The van der Waals surface area contributed by atoms with Crippen molar-refractivity contribution >= 4 is 5.57 Å². The summed E-state index contributed by atoms with van der Waals surface area (Å²) in [6.07, 6.45) is 0.440. The maximum absolute atomic E-state index is 15.5. The first-order valence-corrected chi connectivity index (χ1v) is 14.8. The number of aromatic nitrogens is 2. The fourth-order valence-corrected chi connectivity index (χ4v) is 5.77. The molecular formula is C39H30F4N2O. The molecule has 1 heterocycles. The lowest BCUT2D eigenvalue weighted by Crippen LogP contribution is -2.38. The van der Waals surface area contributed by atoms with E-state index in [-0.39, 0.29) is 12.2 Å². The monoisotopic (exact) mass is 618 g/mol. The summed E-state index contributed by atoms with van der Waals surface area (Å²) in [5.74, 6) is -0.989. The van der Waals surface area contributed by atoms with Crippen molar-refractivity contribution in [2.75, 3.05) is 6.61 Å². The topological polar surface area (TPSA) is 27.1 Å². The largest absolute Gasteiger partial charge is 0.416 e. The number of benzene rings is 5. The highest BCUT2D eigenvalue weighted by Crippen LogP contribution is 2.41. The molecule has 0 aliphatic rings. The summed E-state index contributed by atoms with van der Waals surface area (Å²) < 4.78 is 63.6. The van der Waals surface area contributed by atoms with Crippen molar-refractivity contribution in [3.63, 3.8) is 0 Å². The Balaban J connectivity index is 1.49. The van der Waals surface area contributed by atoms with Crippen molar-refractivity contribution in [2.24, 2.45) is 0 Å². The van der Waals surface area contributed by atoms with Crippen LogP contribution >= 0.6 is 0 Å². The smallest absolute Gasteiger partial charge is 0.373 e. The van der Waals surface area contributed by atoms with Crippen molar-refractivity contribution in [1.82, 2.24) is 9.78 Å². The standard InChI is InChI=1S/C39H30F4N2O/c40-37-25-34(39(41,42)43)21-22-36(37)35(23-24-46-28-29-13-5-1-6-14-29)30-26-44-45(27-30)38(31-15-7-2-8-16-31,32-17-9-3-10-18-32)33-19-11-4-12-20-33/h1-23,25-27H,24,28H2/b35-23+. The molecule has 0 aliphatic carbocycles. The van der Waals surface area contributed by atoms with Crippen LogP contribution in [0.4, 0.5) is 17.6 Å². The Bertz CT molecular complexity index is 1810. The predicted molar refractivity (Wildman–Crippen MR) is 171 cm³/mol. The molecule has 6 aromatic rings. The average molecular weight is 619 g/mol. The fourth-order valence-electron chi connectivity index (χ4n) is 5.77. The van der Waals surface area contributed by atoms with Gasteiger partial charge >= 0.3 is 6.18 Å². The lowest BCUT2D eigenvalue weighted by molar-refractivity contribution is -0.137. The van der Waals surface area contributed by atoms with Gasteiger partial charge in [0.05, 0.1) is 25.0 Å². The quantitative estimate of drug-likeness (QED) is 0.0869. The van der Waals surface area contributed by atoms with Crippen molar-refractivity contribution in [1.29, 1.82) is 0 Å². The molecular weight excluding hydrogens is 588 g/mol. The SMILES string of the molecule is Fc1cc(C(F)(F)F)ccc1/C(=C/COCc1ccccc1)c1cnn(C(c2ccccc2)(c2ccccc2)c2ccccc2)c1. The van der Waals surface area contributed by atoms with Gasteiger partial charge in [0, 0.05) is 17.3 Å². The van der Waals surface area contributed by atoms with E-state index in [1.54, 1.807) is 12.3 Å². The van der Waals surface area contributed by atoms with Crippen LogP contribution in [0.25, 0.3) is 5.57 Å². The third-order valence-electron chi connectivity index (χ3n) is 7.92. The van der Waals surface area contributed by atoms with Crippen LogP contribution in [0, 0.1) is 5.82 Å². The van der Waals surface area contributed by atoms with Gasteiger partial charge in [0.2, 0.25) is 0 Å². The maximum atomic E-state index is 15.5. The van der Waals surface area contributed by atoms with Crippen LogP contribution in [0.15, 0.2) is 158 Å². The minimum atomic E-state index is -4.67. The molecule has 230 valence electrons. The number of nitrogens with zero attached hydrogens (tertiary/aromatic N) is 2. The van der Waals surface area contributed by atoms with E-state index in [0.29, 0.717) is 23.8 Å². The van der Waals surface area contributed by atoms with E-state index in [1.807, 2.05) is 132 Å². The Hall–Kier alpha value is -5.27. The minimum Gasteiger partial charge on any atom is -0.373 e. The summed E-state index contributed by atoms with van der Waals surface area (Å²) in [7, 11) is 0. The second-order valence-corrected chi connectivity index (χ2v) is 10.8. The lowest BCUT2D eigenvalue weighted by atomic mass is 9.77. The van der Waals surface area contributed by atoms with E-state index in [9.17, 15) is 13.2 Å². The predicted octanol–water partition coefficient (Wildman–Crippen LogP) is 9.53. The van der Waals surface area contributed by atoms with Crippen LogP contribution in [0.3, 0.4) is 0 Å². The highest BCUT2D eigenvalue weighted by Gasteiger charge is 2.39. The molecule has 7 heteroatoms. The zero-order valence-corrected chi connectivity index (χ0v) is 24.7. The lowest BCUT2D eigenvalue weighted by Gasteiger charge is -2.36. The van der Waals surface area contributed by atoms with Gasteiger partial charge in [-0.1, -0.05) is 133 Å². The van der Waals surface area contributed by atoms with Crippen LogP contribution in [0.1, 0.15) is 38.9 Å². The molecule has 0 spiro atoms.